The summed E-state index contributed by atoms with van der Waals surface area (Å²) in [5.41, 5.74) is 6.76. The zero-order valence-corrected chi connectivity index (χ0v) is 19.6. The number of aromatic nitrogens is 2. The van der Waals surface area contributed by atoms with Gasteiger partial charge in [-0.05, 0) is 85.7 Å². The van der Waals surface area contributed by atoms with Crippen LogP contribution in [0.4, 0.5) is 10.1 Å². The molecule has 6 heteroatoms. The summed E-state index contributed by atoms with van der Waals surface area (Å²) < 4.78 is 15.0. The molecule has 2 aromatic heterocycles. The van der Waals surface area contributed by atoms with Crippen molar-refractivity contribution >= 4 is 17.1 Å². The van der Waals surface area contributed by atoms with E-state index in [0.29, 0.717) is 18.0 Å². The molecule has 34 heavy (non-hydrogen) atoms. The predicted octanol–water partition coefficient (Wildman–Crippen LogP) is 5.40. The maximum atomic E-state index is 13.2. The van der Waals surface area contributed by atoms with Crippen LogP contribution in [0.15, 0.2) is 66.9 Å². The minimum absolute atomic E-state index is 0.106. The second-order valence-corrected chi connectivity index (χ2v) is 9.16. The average molecular weight is 457 g/mol. The van der Waals surface area contributed by atoms with Gasteiger partial charge in [0.25, 0.3) is 5.91 Å². The van der Waals surface area contributed by atoms with Crippen LogP contribution in [0, 0.1) is 19.7 Å². The third-order valence-electron chi connectivity index (χ3n) is 6.78. The lowest BCUT2D eigenvalue weighted by molar-refractivity contribution is 0.0952. The molecule has 1 amide bonds. The molecule has 0 bridgehead atoms. The Morgan fingerprint density at radius 1 is 1.03 bits per heavy atom. The number of amides is 1. The van der Waals surface area contributed by atoms with E-state index in [4.69, 9.17) is 0 Å². The maximum Gasteiger partial charge on any atom is 0.255 e. The van der Waals surface area contributed by atoms with Crippen molar-refractivity contribution in [2.24, 2.45) is 0 Å². The second kappa shape index (κ2) is 9.29. The molecular weight excluding hydrogens is 427 g/mol. The minimum Gasteiger partial charge on any atom is -0.371 e. The number of nitrogens with zero attached hydrogens (tertiary/aromatic N) is 3. The first-order chi connectivity index (χ1) is 16.5. The molecule has 0 unspecified atom stereocenters. The van der Waals surface area contributed by atoms with Crippen LogP contribution in [-0.2, 0) is 6.54 Å². The number of rotatable bonds is 5. The van der Waals surface area contributed by atoms with Gasteiger partial charge in [-0.2, -0.15) is 5.10 Å². The number of anilines is 1. The van der Waals surface area contributed by atoms with E-state index >= 15 is 0 Å². The summed E-state index contributed by atoms with van der Waals surface area (Å²) in [5, 5.41) is 7.50. The molecule has 2 aromatic carbocycles. The zero-order valence-electron chi connectivity index (χ0n) is 19.6. The van der Waals surface area contributed by atoms with Crippen LogP contribution in [0.3, 0.4) is 0 Å². The summed E-state index contributed by atoms with van der Waals surface area (Å²) in [7, 11) is 0. The molecule has 0 radical (unpaired) electrons. The van der Waals surface area contributed by atoms with Gasteiger partial charge in [0, 0.05) is 31.5 Å². The minimum atomic E-state index is -0.179. The van der Waals surface area contributed by atoms with E-state index in [1.54, 1.807) is 16.6 Å². The van der Waals surface area contributed by atoms with Gasteiger partial charge in [0.2, 0.25) is 0 Å². The summed E-state index contributed by atoms with van der Waals surface area (Å²) in [6, 6.07) is 19.3. The fraction of sp³-hybridized carbons (Fsp3) is 0.286. The molecule has 1 N–H and O–H groups in total. The molecule has 0 saturated carbocycles. The number of carbonyl (C=O) groups excluding carboxylic acids is 1. The van der Waals surface area contributed by atoms with Gasteiger partial charge < -0.3 is 10.2 Å². The molecule has 1 aliphatic rings. The molecule has 5 rings (SSSR count). The zero-order chi connectivity index (χ0) is 23.7. The fourth-order valence-electron chi connectivity index (χ4n) is 4.85. The van der Waals surface area contributed by atoms with E-state index in [0.717, 1.165) is 48.3 Å². The SMILES string of the molecule is Cc1ccn2nc(C)c(C(=O)NCc3ccc(N4CCC(c5ccc(F)cc5)CC4)cc3)c2c1. The van der Waals surface area contributed by atoms with E-state index in [1.807, 2.05) is 44.3 Å². The Balaban J connectivity index is 1.18. The van der Waals surface area contributed by atoms with Gasteiger partial charge >= 0.3 is 0 Å². The van der Waals surface area contributed by atoms with Crippen molar-refractivity contribution in [3.8, 4) is 0 Å². The Bertz CT molecular complexity index is 1300. The first-order valence-electron chi connectivity index (χ1n) is 11.8. The summed E-state index contributed by atoms with van der Waals surface area (Å²) in [4.78, 5) is 15.3. The highest BCUT2D eigenvalue weighted by Gasteiger charge is 2.21. The fourth-order valence-corrected chi connectivity index (χ4v) is 4.85. The third kappa shape index (κ3) is 4.53. The van der Waals surface area contributed by atoms with Crippen molar-refractivity contribution in [3.63, 3.8) is 0 Å². The van der Waals surface area contributed by atoms with Crippen molar-refractivity contribution in [2.75, 3.05) is 18.0 Å². The van der Waals surface area contributed by atoms with E-state index in [1.165, 1.54) is 11.3 Å². The third-order valence-corrected chi connectivity index (χ3v) is 6.78. The summed E-state index contributed by atoms with van der Waals surface area (Å²) >= 11 is 0. The quantitative estimate of drug-likeness (QED) is 0.437. The van der Waals surface area contributed by atoms with Crippen LogP contribution < -0.4 is 10.2 Å². The highest BCUT2D eigenvalue weighted by molar-refractivity contribution is 6.02. The van der Waals surface area contributed by atoms with Gasteiger partial charge in [0.05, 0.1) is 16.8 Å². The van der Waals surface area contributed by atoms with Gasteiger partial charge in [0.15, 0.2) is 0 Å². The first kappa shape index (κ1) is 22.1. The largest absolute Gasteiger partial charge is 0.371 e. The van der Waals surface area contributed by atoms with Crippen LogP contribution in [-0.4, -0.2) is 28.6 Å². The van der Waals surface area contributed by atoms with Crippen LogP contribution >= 0.6 is 0 Å². The molecule has 174 valence electrons. The van der Waals surface area contributed by atoms with Crippen molar-refractivity contribution in [2.45, 2.75) is 39.2 Å². The van der Waals surface area contributed by atoms with Crippen LogP contribution in [0.5, 0.6) is 0 Å². The van der Waals surface area contributed by atoms with Gasteiger partial charge in [-0.1, -0.05) is 24.3 Å². The lowest BCUT2D eigenvalue weighted by Gasteiger charge is -2.34. The van der Waals surface area contributed by atoms with Gasteiger partial charge in [-0.3, -0.25) is 4.79 Å². The highest BCUT2D eigenvalue weighted by Crippen LogP contribution is 2.30. The number of carbonyl (C=O) groups is 1. The number of piperidine rings is 1. The van der Waals surface area contributed by atoms with Crippen molar-refractivity contribution < 1.29 is 9.18 Å². The Kier molecular flexibility index (Phi) is 6.05. The van der Waals surface area contributed by atoms with Crippen LogP contribution in [0.2, 0.25) is 0 Å². The molecule has 1 fully saturated rings. The normalized spacial score (nSPS) is 14.5. The van der Waals surface area contributed by atoms with Gasteiger partial charge in [0.1, 0.15) is 5.82 Å². The average Bonchev–Trinajstić information content (AvgIpc) is 3.18. The summed E-state index contributed by atoms with van der Waals surface area (Å²) in [5.74, 6) is 0.199. The predicted molar refractivity (Wildman–Crippen MR) is 133 cm³/mol. The lowest BCUT2D eigenvalue weighted by atomic mass is 9.89. The Morgan fingerprint density at radius 3 is 2.44 bits per heavy atom. The Hall–Kier alpha value is -3.67. The number of fused-ring (bicyclic) bond motifs is 1. The smallest absolute Gasteiger partial charge is 0.255 e. The van der Waals surface area contributed by atoms with Crippen LogP contribution in [0.25, 0.3) is 5.52 Å². The molecule has 5 nitrogen and oxygen atoms in total. The Morgan fingerprint density at radius 2 is 1.74 bits per heavy atom. The van der Waals surface area contributed by atoms with E-state index in [-0.39, 0.29) is 11.7 Å². The molecule has 1 aliphatic heterocycles. The molecule has 3 heterocycles. The number of nitrogens with one attached hydrogen (secondary N) is 1. The molecule has 0 spiro atoms. The molecule has 0 aliphatic carbocycles. The van der Waals surface area contributed by atoms with Crippen LogP contribution in [0.1, 0.15) is 51.5 Å². The highest BCUT2D eigenvalue weighted by atomic mass is 19.1. The first-order valence-corrected chi connectivity index (χ1v) is 11.8. The van der Waals surface area contributed by atoms with E-state index in [2.05, 4.69) is 39.6 Å². The van der Waals surface area contributed by atoms with Crippen molar-refractivity contribution in [3.05, 3.63) is 101 Å². The number of aryl methyl sites for hydroxylation is 2. The second-order valence-electron chi connectivity index (χ2n) is 9.16. The number of hydrogen-bond acceptors (Lipinski definition) is 3. The lowest BCUT2D eigenvalue weighted by Crippen LogP contribution is -2.32. The van der Waals surface area contributed by atoms with Gasteiger partial charge in [-0.15, -0.1) is 0 Å². The van der Waals surface area contributed by atoms with Crippen molar-refractivity contribution in [1.82, 2.24) is 14.9 Å². The monoisotopic (exact) mass is 456 g/mol. The van der Waals surface area contributed by atoms with Gasteiger partial charge in [-0.25, -0.2) is 8.91 Å². The standard InChI is InChI=1S/C28H29FN4O/c1-19-11-16-33-26(17-19)27(20(2)31-33)28(34)30-18-21-3-9-25(10-4-21)32-14-12-23(13-15-32)22-5-7-24(29)8-6-22/h3-11,16-17,23H,12-15,18H2,1-2H3,(H,30,34). The molecule has 1 saturated heterocycles. The number of pyridine rings is 1. The number of hydrogen-bond donors (Lipinski definition) is 1. The summed E-state index contributed by atoms with van der Waals surface area (Å²) in [6.45, 7) is 6.30. The summed E-state index contributed by atoms with van der Waals surface area (Å²) in [6.07, 6.45) is 4.00. The molecule has 0 atom stereocenters. The number of benzene rings is 2. The van der Waals surface area contributed by atoms with Crippen molar-refractivity contribution in [1.29, 1.82) is 0 Å². The Labute approximate surface area is 199 Å². The van der Waals surface area contributed by atoms with E-state index < -0.39 is 0 Å². The molecule has 4 aromatic rings. The topological polar surface area (TPSA) is 49.6 Å². The molecular formula is C28H29FN4O. The van der Waals surface area contributed by atoms with E-state index in [9.17, 15) is 9.18 Å². The maximum absolute atomic E-state index is 13.2. The number of halogens is 1.